The molecule has 1 saturated heterocycles. The van der Waals surface area contributed by atoms with Crippen molar-refractivity contribution in [2.24, 2.45) is 0 Å². The Balaban J connectivity index is 1.35. The van der Waals surface area contributed by atoms with Crippen molar-refractivity contribution in [3.8, 4) is 5.69 Å². The Bertz CT molecular complexity index is 945. The highest BCUT2D eigenvalue weighted by atomic mass is 32.2. The number of benzene rings is 2. The molecule has 1 N–H and O–H groups in total. The van der Waals surface area contributed by atoms with Crippen LogP contribution in [0.2, 0.25) is 0 Å². The van der Waals surface area contributed by atoms with E-state index in [2.05, 4.69) is 46.4 Å². The van der Waals surface area contributed by atoms with Crippen molar-refractivity contribution in [2.75, 3.05) is 29.1 Å². The molecule has 1 aromatic heterocycles. The molecule has 0 aliphatic carbocycles. The summed E-state index contributed by atoms with van der Waals surface area (Å²) in [5.74, 6) is 0.287. The zero-order valence-electron chi connectivity index (χ0n) is 16.0. The predicted octanol–water partition coefficient (Wildman–Crippen LogP) is 4.51. The lowest BCUT2D eigenvalue weighted by Gasteiger charge is -2.17. The number of imidazole rings is 1. The van der Waals surface area contributed by atoms with Gasteiger partial charge in [0.05, 0.1) is 11.4 Å². The molecular formula is C22H24N4OS. The molecule has 1 amide bonds. The predicted molar refractivity (Wildman–Crippen MR) is 116 cm³/mol. The molecule has 0 spiro atoms. The van der Waals surface area contributed by atoms with Gasteiger partial charge in [-0.1, -0.05) is 30.0 Å². The summed E-state index contributed by atoms with van der Waals surface area (Å²) in [4.78, 5) is 19.2. The van der Waals surface area contributed by atoms with E-state index >= 15 is 0 Å². The standard InChI is InChI=1S/C22H24N4OS/c1-17-6-2-3-7-20(17)26-15-12-23-22(26)28-16-21(27)24-18-8-10-19(11-9-18)25-13-4-5-14-25/h2-3,6-12,15H,4-5,13-14,16H2,1H3,(H,24,27). The van der Waals surface area contributed by atoms with Gasteiger partial charge in [0, 0.05) is 36.9 Å². The average Bonchev–Trinajstić information content (AvgIpc) is 3.39. The van der Waals surface area contributed by atoms with Crippen LogP contribution in [0.25, 0.3) is 5.69 Å². The van der Waals surface area contributed by atoms with E-state index < -0.39 is 0 Å². The van der Waals surface area contributed by atoms with Gasteiger partial charge in [0.25, 0.3) is 0 Å². The third kappa shape index (κ3) is 4.22. The quantitative estimate of drug-likeness (QED) is 0.627. The van der Waals surface area contributed by atoms with Gasteiger partial charge < -0.3 is 10.2 Å². The fourth-order valence-corrected chi connectivity index (χ4v) is 4.24. The van der Waals surface area contributed by atoms with E-state index in [9.17, 15) is 4.79 Å². The van der Waals surface area contributed by atoms with Gasteiger partial charge >= 0.3 is 0 Å². The van der Waals surface area contributed by atoms with Crippen molar-refractivity contribution in [2.45, 2.75) is 24.9 Å². The summed E-state index contributed by atoms with van der Waals surface area (Å²) in [6.45, 7) is 4.31. The highest BCUT2D eigenvalue weighted by Gasteiger charge is 2.13. The largest absolute Gasteiger partial charge is 0.372 e. The van der Waals surface area contributed by atoms with Crippen molar-refractivity contribution in [1.29, 1.82) is 0 Å². The summed E-state index contributed by atoms with van der Waals surface area (Å²) < 4.78 is 2.03. The number of carbonyl (C=O) groups excluding carboxylic acids is 1. The van der Waals surface area contributed by atoms with Crippen molar-refractivity contribution in [1.82, 2.24) is 9.55 Å². The first-order valence-electron chi connectivity index (χ1n) is 9.58. The average molecular weight is 393 g/mol. The third-order valence-corrected chi connectivity index (χ3v) is 5.90. The lowest BCUT2D eigenvalue weighted by atomic mass is 10.2. The van der Waals surface area contributed by atoms with E-state index in [4.69, 9.17) is 0 Å². The van der Waals surface area contributed by atoms with Crippen LogP contribution in [0.15, 0.2) is 66.1 Å². The number of hydrogen-bond donors (Lipinski definition) is 1. The van der Waals surface area contributed by atoms with Crippen molar-refractivity contribution in [3.05, 3.63) is 66.5 Å². The first kappa shape index (κ1) is 18.6. The number of nitrogens with zero attached hydrogens (tertiary/aromatic N) is 3. The second-order valence-corrected chi connectivity index (χ2v) is 7.89. The molecule has 1 fully saturated rings. The first-order chi connectivity index (χ1) is 13.7. The Kier molecular flexibility index (Phi) is 5.67. The van der Waals surface area contributed by atoms with Crippen LogP contribution >= 0.6 is 11.8 Å². The van der Waals surface area contributed by atoms with E-state index in [0.717, 1.165) is 29.6 Å². The minimum atomic E-state index is -0.0294. The highest BCUT2D eigenvalue weighted by Crippen LogP contribution is 2.24. The Morgan fingerprint density at radius 3 is 2.61 bits per heavy atom. The van der Waals surface area contributed by atoms with Crippen LogP contribution in [0.5, 0.6) is 0 Å². The molecule has 2 heterocycles. The normalized spacial score (nSPS) is 13.7. The Morgan fingerprint density at radius 1 is 1.11 bits per heavy atom. The van der Waals surface area contributed by atoms with E-state index in [0.29, 0.717) is 5.75 Å². The fourth-order valence-electron chi connectivity index (χ4n) is 3.47. The molecule has 4 rings (SSSR count). The molecule has 144 valence electrons. The van der Waals surface area contributed by atoms with E-state index in [1.54, 1.807) is 6.20 Å². The van der Waals surface area contributed by atoms with Crippen LogP contribution in [0.4, 0.5) is 11.4 Å². The molecule has 0 bridgehead atoms. The summed E-state index contributed by atoms with van der Waals surface area (Å²) in [5.41, 5.74) is 4.31. The summed E-state index contributed by atoms with van der Waals surface area (Å²) >= 11 is 1.44. The number of para-hydroxylation sites is 1. The molecule has 1 aliphatic rings. The van der Waals surface area contributed by atoms with Crippen LogP contribution in [-0.2, 0) is 4.79 Å². The zero-order chi connectivity index (χ0) is 19.3. The van der Waals surface area contributed by atoms with Crippen LogP contribution < -0.4 is 10.2 Å². The smallest absolute Gasteiger partial charge is 0.234 e. The second kappa shape index (κ2) is 8.52. The van der Waals surface area contributed by atoms with Gasteiger partial charge in [-0.25, -0.2) is 4.98 Å². The summed E-state index contributed by atoms with van der Waals surface area (Å²) in [7, 11) is 0. The topological polar surface area (TPSA) is 50.2 Å². The molecule has 28 heavy (non-hydrogen) atoms. The number of thioether (sulfide) groups is 1. The maximum absolute atomic E-state index is 12.4. The molecular weight excluding hydrogens is 368 g/mol. The molecule has 5 nitrogen and oxygen atoms in total. The third-order valence-electron chi connectivity index (χ3n) is 4.94. The Labute approximate surface area is 169 Å². The van der Waals surface area contributed by atoms with Gasteiger partial charge in [0.15, 0.2) is 5.16 Å². The molecule has 3 aromatic rings. The van der Waals surface area contributed by atoms with Gasteiger partial charge in [-0.05, 0) is 55.7 Å². The monoisotopic (exact) mass is 392 g/mol. The van der Waals surface area contributed by atoms with Gasteiger partial charge in [0.2, 0.25) is 5.91 Å². The summed E-state index contributed by atoms with van der Waals surface area (Å²) in [6.07, 6.45) is 6.21. The van der Waals surface area contributed by atoms with Gasteiger partial charge in [0.1, 0.15) is 0 Å². The number of nitrogens with one attached hydrogen (secondary N) is 1. The number of aryl methyl sites for hydroxylation is 1. The molecule has 1 aliphatic heterocycles. The van der Waals surface area contributed by atoms with Gasteiger partial charge in [-0.15, -0.1) is 0 Å². The van der Waals surface area contributed by atoms with Crippen LogP contribution in [-0.4, -0.2) is 34.3 Å². The minimum Gasteiger partial charge on any atom is -0.372 e. The molecule has 0 radical (unpaired) electrons. The van der Waals surface area contributed by atoms with Crippen LogP contribution in [0.1, 0.15) is 18.4 Å². The fraction of sp³-hybridized carbons (Fsp3) is 0.273. The molecule has 2 aromatic carbocycles. The lowest BCUT2D eigenvalue weighted by Crippen LogP contribution is -2.18. The SMILES string of the molecule is Cc1ccccc1-n1ccnc1SCC(=O)Nc1ccc(N2CCCC2)cc1. The second-order valence-electron chi connectivity index (χ2n) is 6.94. The minimum absolute atomic E-state index is 0.0294. The van der Waals surface area contributed by atoms with E-state index in [1.807, 2.05) is 35.0 Å². The number of rotatable bonds is 6. The van der Waals surface area contributed by atoms with Crippen molar-refractivity contribution < 1.29 is 4.79 Å². The van der Waals surface area contributed by atoms with Gasteiger partial charge in [-0.2, -0.15) is 0 Å². The van der Waals surface area contributed by atoms with Gasteiger partial charge in [-0.3, -0.25) is 9.36 Å². The first-order valence-corrected chi connectivity index (χ1v) is 10.6. The maximum Gasteiger partial charge on any atom is 0.234 e. The van der Waals surface area contributed by atoms with E-state index in [1.165, 1.54) is 35.9 Å². The Morgan fingerprint density at radius 2 is 1.86 bits per heavy atom. The van der Waals surface area contributed by atoms with Crippen molar-refractivity contribution in [3.63, 3.8) is 0 Å². The number of amides is 1. The number of aromatic nitrogens is 2. The molecule has 0 saturated carbocycles. The number of anilines is 2. The highest BCUT2D eigenvalue weighted by molar-refractivity contribution is 7.99. The number of carbonyl (C=O) groups is 1. The van der Waals surface area contributed by atoms with Crippen molar-refractivity contribution >= 4 is 29.0 Å². The number of hydrogen-bond acceptors (Lipinski definition) is 4. The molecule has 0 unspecified atom stereocenters. The van der Waals surface area contributed by atoms with E-state index in [-0.39, 0.29) is 5.91 Å². The summed E-state index contributed by atoms with van der Waals surface area (Å²) in [6, 6.07) is 16.3. The molecule has 0 atom stereocenters. The Hall–Kier alpha value is -2.73. The maximum atomic E-state index is 12.4. The zero-order valence-corrected chi connectivity index (χ0v) is 16.8. The lowest BCUT2D eigenvalue weighted by molar-refractivity contribution is -0.113. The summed E-state index contributed by atoms with van der Waals surface area (Å²) in [5, 5.41) is 3.79. The van der Waals surface area contributed by atoms with Crippen LogP contribution in [0, 0.1) is 6.92 Å². The van der Waals surface area contributed by atoms with Crippen LogP contribution in [0.3, 0.4) is 0 Å². The molecule has 6 heteroatoms.